The second-order valence-corrected chi connectivity index (χ2v) is 6.72. The van der Waals surface area contributed by atoms with Gasteiger partial charge >= 0.3 is 6.18 Å². The number of hydrogen-bond donors (Lipinski definition) is 2. The minimum absolute atomic E-state index is 0.111. The standard InChI is InChI=1S/C11H14BrF3N2O2S/c1-7-4-8(6-16)5-9(10(7)12)20(18,19)17-3-2-11(13,14)15/h4-5,17H,2-3,6,16H2,1H3. The van der Waals surface area contributed by atoms with Crippen LogP contribution in [0.25, 0.3) is 0 Å². The van der Waals surface area contributed by atoms with Crippen LogP contribution in [0.4, 0.5) is 13.2 Å². The highest BCUT2D eigenvalue weighted by Crippen LogP contribution is 2.27. The van der Waals surface area contributed by atoms with E-state index in [0.29, 0.717) is 15.6 Å². The Bertz CT molecular complexity index is 588. The summed E-state index contributed by atoms with van der Waals surface area (Å²) in [5, 5.41) is 0. The second kappa shape index (κ2) is 6.42. The molecule has 0 aliphatic heterocycles. The van der Waals surface area contributed by atoms with E-state index >= 15 is 0 Å². The fraction of sp³-hybridized carbons (Fsp3) is 0.455. The van der Waals surface area contributed by atoms with Gasteiger partial charge in [-0.3, -0.25) is 0 Å². The highest BCUT2D eigenvalue weighted by atomic mass is 79.9. The van der Waals surface area contributed by atoms with Crippen molar-refractivity contribution in [3.05, 3.63) is 27.7 Å². The average Bonchev–Trinajstić information content (AvgIpc) is 2.30. The molecule has 114 valence electrons. The number of benzene rings is 1. The largest absolute Gasteiger partial charge is 0.390 e. The Morgan fingerprint density at radius 1 is 1.35 bits per heavy atom. The normalized spacial score (nSPS) is 12.7. The molecule has 0 saturated heterocycles. The molecule has 0 fully saturated rings. The first kappa shape index (κ1) is 17.4. The quantitative estimate of drug-likeness (QED) is 0.831. The van der Waals surface area contributed by atoms with Gasteiger partial charge in [0.15, 0.2) is 0 Å². The molecule has 0 aromatic heterocycles. The predicted octanol–water partition coefficient (Wildman–Crippen LogP) is 2.45. The lowest BCUT2D eigenvalue weighted by molar-refractivity contribution is -0.132. The zero-order valence-electron chi connectivity index (χ0n) is 10.6. The minimum atomic E-state index is -4.41. The van der Waals surface area contributed by atoms with Crippen molar-refractivity contribution >= 4 is 26.0 Å². The van der Waals surface area contributed by atoms with Crippen molar-refractivity contribution in [2.75, 3.05) is 6.54 Å². The van der Waals surface area contributed by atoms with Crippen molar-refractivity contribution in [3.8, 4) is 0 Å². The Hall–Kier alpha value is -0.640. The molecule has 0 aliphatic rings. The van der Waals surface area contributed by atoms with Gasteiger partial charge in [0.25, 0.3) is 0 Å². The number of halogens is 4. The number of nitrogens with one attached hydrogen (secondary N) is 1. The smallest absolute Gasteiger partial charge is 0.326 e. The van der Waals surface area contributed by atoms with E-state index in [0.717, 1.165) is 0 Å². The van der Waals surface area contributed by atoms with Gasteiger partial charge in [0.1, 0.15) is 0 Å². The first-order valence-electron chi connectivity index (χ1n) is 5.62. The number of rotatable bonds is 5. The summed E-state index contributed by atoms with van der Waals surface area (Å²) in [6.45, 7) is 1.11. The molecule has 9 heteroatoms. The van der Waals surface area contributed by atoms with Gasteiger partial charge in [0, 0.05) is 17.6 Å². The zero-order chi connectivity index (χ0) is 15.6. The molecule has 4 nitrogen and oxygen atoms in total. The highest BCUT2D eigenvalue weighted by Gasteiger charge is 2.28. The topological polar surface area (TPSA) is 72.2 Å². The third kappa shape index (κ3) is 4.72. The van der Waals surface area contributed by atoms with Crippen molar-refractivity contribution in [3.63, 3.8) is 0 Å². The second-order valence-electron chi connectivity index (χ2n) is 4.19. The summed E-state index contributed by atoms with van der Waals surface area (Å²) in [6.07, 6.45) is -5.63. The van der Waals surface area contributed by atoms with Crippen LogP contribution in [0, 0.1) is 6.92 Å². The number of hydrogen-bond acceptors (Lipinski definition) is 3. The molecule has 0 heterocycles. The Labute approximate surface area is 123 Å². The summed E-state index contributed by atoms with van der Waals surface area (Å²) in [5.74, 6) is 0. The Morgan fingerprint density at radius 3 is 2.45 bits per heavy atom. The molecule has 0 saturated carbocycles. The van der Waals surface area contributed by atoms with Crippen LogP contribution >= 0.6 is 15.9 Å². The lowest BCUT2D eigenvalue weighted by Crippen LogP contribution is -2.28. The van der Waals surface area contributed by atoms with E-state index in [1.807, 2.05) is 4.72 Å². The number of nitrogens with two attached hydrogens (primary N) is 1. The van der Waals surface area contributed by atoms with Crippen LogP contribution in [0.15, 0.2) is 21.5 Å². The van der Waals surface area contributed by atoms with Gasteiger partial charge < -0.3 is 5.73 Å². The number of sulfonamides is 1. The van der Waals surface area contributed by atoms with E-state index in [4.69, 9.17) is 5.73 Å². The first-order valence-corrected chi connectivity index (χ1v) is 7.90. The molecule has 1 aromatic carbocycles. The predicted molar refractivity (Wildman–Crippen MR) is 72.6 cm³/mol. The molecule has 0 atom stereocenters. The third-order valence-corrected chi connectivity index (χ3v) is 5.31. The van der Waals surface area contributed by atoms with E-state index < -0.39 is 29.2 Å². The van der Waals surface area contributed by atoms with Gasteiger partial charge in [0.05, 0.1) is 11.3 Å². The molecule has 0 radical (unpaired) electrons. The molecule has 0 unspecified atom stereocenters. The van der Waals surface area contributed by atoms with Crippen LogP contribution in [0.5, 0.6) is 0 Å². The van der Waals surface area contributed by atoms with Gasteiger partial charge in [-0.05, 0) is 40.0 Å². The summed E-state index contributed by atoms with van der Waals surface area (Å²) in [5.41, 5.74) is 6.69. The summed E-state index contributed by atoms with van der Waals surface area (Å²) in [6, 6.07) is 3.05. The zero-order valence-corrected chi connectivity index (χ0v) is 13.0. The van der Waals surface area contributed by atoms with Crippen LogP contribution in [0.1, 0.15) is 17.5 Å². The van der Waals surface area contributed by atoms with Gasteiger partial charge in [0.2, 0.25) is 10.0 Å². The van der Waals surface area contributed by atoms with Crippen molar-refractivity contribution in [2.24, 2.45) is 5.73 Å². The fourth-order valence-electron chi connectivity index (χ4n) is 1.53. The molecule has 1 rings (SSSR count). The van der Waals surface area contributed by atoms with Crippen LogP contribution in [-0.2, 0) is 16.6 Å². The SMILES string of the molecule is Cc1cc(CN)cc(S(=O)(=O)NCCC(F)(F)F)c1Br. The first-order chi connectivity index (χ1) is 9.07. The maximum Gasteiger partial charge on any atom is 0.390 e. The molecule has 20 heavy (non-hydrogen) atoms. The fourth-order valence-corrected chi connectivity index (χ4v) is 3.63. The summed E-state index contributed by atoms with van der Waals surface area (Å²) < 4.78 is 62.4. The van der Waals surface area contributed by atoms with Crippen LogP contribution in [0.3, 0.4) is 0 Å². The summed E-state index contributed by atoms with van der Waals surface area (Å²) >= 11 is 3.13. The number of alkyl halides is 3. The van der Waals surface area contributed by atoms with Crippen molar-refractivity contribution in [2.45, 2.75) is 31.0 Å². The van der Waals surface area contributed by atoms with E-state index in [2.05, 4.69) is 15.9 Å². The van der Waals surface area contributed by atoms with E-state index in [1.165, 1.54) is 6.07 Å². The lowest BCUT2D eigenvalue weighted by Gasteiger charge is -2.12. The lowest BCUT2D eigenvalue weighted by atomic mass is 10.1. The van der Waals surface area contributed by atoms with Crippen LogP contribution in [-0.4, -0.2) is 21.1 Å². The molecule has 0 spiro atoms. The molecule has 1 aromatic rings. The maximum atomic E-state index is 12.0. The van der Waals surface area contributed by atoms with Gasteiger partial charge in [-0.15, -0.1) is 0 Å². The molecule has 3 N–H and O–H groups in total. The highest BCUT2D eigenvalue weighted by molar-refractivity contribution is 9.10. The van der Waals surface area contributed by atoms with Crippen molar-refractivity contribution in [1.29, 1.82) is 0 Å². The summed E-state index contributed by atoms with van der Waals surface area (Å²) in [7, 11) is -4.02. The van der Waals surface area contributed by atoms with E-state index in [1.54, 1.807) is 13.0 Å². The van der Waals surface area contributed by atoms with E-state index in [-0.39, 0.29) is 11.4 Å². The van der Waals surface area contributed by atoms with Crippen LogP contribution < -0.4 is 10.5 Å². The van der Waals surface area contributed by atoms with Crippen molar-refractivity contribution < 1.29 is 21.6 Å². The maximum absolute atomic E-state index is 12.0. The monoisotopic (exact) mass is 374 g/mol. The molecular weight excluding hydrogens is 361 g/mol. The Kier molecular flexibility index (Phi) is 5.59. The van der Waals surface area contributed by atoms with Gasteiger partial charge in [-0.25, -0.2) is 13.1 Å². The summed E-state index contributed by atoms with van der Waals surface area (Å²) in [4.78, 5) is -0.111. The van der Waals surface area contributed by atoms with Gasteiger partial charge in [-0.1, -0.05) is 6.07 Å². The molecule has 0 bridgehead atoms. The van der Waals surface area contributed by atoms with Crippen molar-refractivity contribution in [1.82, 2.24) is 4.72 Å². The minimum Gasteiger partial charge on any atom is -0.326 e. The number of aryl methyl sites for hydroxylation is 1. The molecule has 0 amide bonds. The molecular formula is C11H14BrF3N2O2S. The molecule has 0 aliphatic carbocycles. The third-order valence-electron chi connectivity index (χ3n) is 2.51. The van der Waals surface area contributed by atoms with Gasteiger partial charge in [-0.2, -0.15) is 13.2 Å². The average molecular weight is 375 g/mol. The Balaban J connectivity index is 3.01. The Morgan fingerprint density at radius 2 is 1.95 bits per heavy atom. The van der Waals surface area contributed by atoms with Crippen LogP contribution in [0.2, 0.25) is 0 Å². The van der Waals surface area contributed by atoms with E-state index in [9.17, 15) is 21.6 Å².